The van der Waals surface area contributed by atoms with Crippen LogP contribution in [0.25, 0.3) is 33.5 Å². The minimum atomic E-state index is 0.185. The fourth-order valence-corrected chi connectivity index (χ4v) is 4.79. The number of nitriles is 1. The number of rotatable bonds is 4. The molecule has 8 heteroatoms. The number of fused-ring (bicyclic) bond motifs is 1. The summed E-state index contributed by atoms with van der Waals surface area (Å²) in [5.74, 6) is 1.13. The zero-order chi connectivity index (χ0) is 23.8. The van der Waals surface area contributed by atoms with Gasteiger partial charge in [0.2, 0.25) is 5.88 Å². The number of H-pyrrole nitrogens is 1. The Balaban J connectivity index is 1.79. The van der Waals surface area contributed by atoms with Crippen LogP contribution in [-0.4, -0.2) is 41.2 Å². The molecule has 0 unspecified atom stereocenters. The normalized spacial score (nSPS) is 14.4. The lowest BCUT2D eigenvalue weighted by molar-refractivity contribution is 0.399. The van der Waals surface area contributed by atoms with Crippen LogP contribution in [0.1, 0.15) is 24.0 Å². The summed E-state index contributed by atoms with van der Waals surface area (Å²) in [5.41, 5.74) is 13.1. The smallest absolute Gasteiger partial charge is 0.226 e. The maximum atomic E-state index is 9.56. The predicted octanol–water partition coefficient (Wildman–Crippen LogP) is 5.06. The molecule has 0 spiro atoms. The molecule has 0 radical (unpaired) electrons. The molecule has 7 nitrogen and oxygen atoms in total. The molecule has 1 aliphatic heterocycles. The zero-order valence-electron chi connectivity index (χ0n) is 19.1. The van der Waals surface area contributed by atoms with Crippen molar-refractivity contribution in [2.24, 2.45) is 5.73 Å². The summed E-state index contributed by atoms with van der Waals surface area (Å²) < 4.78 is 5.73. The lowest BCUT2D eigenvalue weighted by atomic mass is 9.96. The molecule has 1 fully saturated rings. The van der Waals surface area contributed by atoms with Crippen LogP contribution in [0.2, 0.25) is 5.02 Å². The van der Waals surface area contributed by atoms with Crippen LogP contribution >= 0.6 is 11.6 Å². The van der Waals surface area contributed by atoms with Crippen LogP contribution in [-0.2, 0) is 0 Å². The second-order valence-electron chi connectivity index (χ2n) is 8.68. The van der Waals surface area contributed by atoms with Crippen molar-refractivity contribution in [1.29, 1.82) is 5.26 Å². The average Bonchev–Trinajstić information content (AvgIpc) is 3.26. The highest BCUT2D eigenvalue weighted by atomic mass is 35.5. The number of nitrogens with zero attached hydrogens (tertiary/aromatic N) is 4. The molecule has 0 aliphatic carbocycles. The third-order valence-electron chi connectivity index (χ3n) is 6.26. The van der Waals surface area contributed by atoms with Gasteiger partial charge >= 0.3 is 0 Å². The molecule has 3 heterocycles. The van der Waals surface area contributed by atoms with E-state index >= 15 is 0 Å². The highest BCUT2D eigenvalue weighted by Gasteiger charge is 2.28. The van der Waals surface area contributed by atoms with Crippen molar-refractivity contribution in [3.63, 3.8) is 0 Å². The van der Waals surface area contributed by atoms with Crippen molar-refractivity contribution in [3.8, 4) is 34.5 Å². The van der Waals surface area contributed by atoms with E-state index in [1.165, 1.54) is 0 Å². The van der Waals surface area contributed by atoms with Gasteiger partial charge in [0.05, 0.1) is 35.5 Å². The van der Waals surface area contributed by atoms with Gasteiger partial charge in [-0.2, -0.15) is 5.26 Å². The Bertz CT molecular complexity index is 1420. The molecule has 0 saturated carbocycles. The van der Waals surface area contributed by atoms with E-state index in [1.807, 2.05) is 43.5 Å². The van der Waals surface area contributed by atoms with E-state index in [9.17, 15) is 5.26 Å². The van der Waals surface area contributed by atoms with Gasteiger partial charge in [-0.15, -0.1) is 0 Å². The second kappa shape index (κ2) is 8.98. The summed E-state index contributed by atoms with van der Waals surface area (Å²) in [6, 6.07) is 13.9. The number of halogens is 1. The number of piperidine rings is 1. The number of pyridine rings is 1. The molecular weight excluding hydrogens is 448 g/mol. The van der Waals surface area contributed by atoms with Crippen molar-refractivity contribution in [2.45, 2.75) is 25.8 Å². The molecule has 4 aromatic rings. The first-order valence-electron chi connectivity index (χ1n) is 11.2. The number of hydrogen-bond acceptors (Lipinski definition) is 6. The van der Waals surface area contributed by atoms with Crippen LogP contribution in [0.15, 0.2) is 42.6 Å². The number of aromatic amines is 1. The maximum absolute atomic E-state index is 9.56. The van der Waals surface area contributed by atoms with Gasteiger partial charge in [-0.3, -0.25) is 0 Å². The molecule has 0 amide bonds. The van der Waals surface area contributed by atoms with Crippen molar-refractivity contribution in [2.75, 3.05) is 25.1 Å². The molecule has 34 heavy (non-hydrogen) atoms. The maximum Gasteiger partial charge on any atom is 0.226 e. The topological polar surface area (TPSA) is 104 Å². The Morgan fingerprint density at radius 3 is 2.74 bits per heavy atom. The molecular formula is C26H25ClN6O. The van der Waals surface area contributed by atoms with Gasteiger partial charge in [-0.1, -0.05) is 17.7 Å². The van der Waals surface area contributed by atoms with Gasteiger partial charge < -0.3 is 20.4 Å². The number of imidazole rings is 1. The number of nitrogens with two attached hydrogens (primary N) is 1. The Labute approximate surface area is 203 Å². The number of hydrogen-bond donors (Lipinski definition) is 2. The summed E-state index contributed by atoms with van der Waals surface area (Å²) in [5, 5.41) is 10.2. The van der Waals surface area contributed by atoms with E-state index in [1.54, 1.807) is 7.11 Å². The lowest BCUT2D eigenvalue weighted by Crippen LogP contribution is -2.40. The van der Waals surface area contributed by atoms with Gasteiger partial charge in [0.25, 0.3) is 0 Å². The van der Waals surface area contributed by atoms with Crippen LogP contribution in [0.3, 0.4) is 0 Å². The minimum absolute atomic E-state index is 0.185. The van der Waals surface area contributed by atoms with Gasteiger partial charge in [0, 0.05) is 35.9 Å². The summed E-state index contributed by atoms with van der Waals surface area (Å²) in [7, 11) is 1.61. The summed E-state index contributed by atoms with van der Waals surface area (Å²) in [6.07, 6.45) is 3.59. The summed E-state index contributed by atoms with van der Waals surface area (Å²) >= 11 is 6.22. The van der Waals surface area contributed by atoms with E-state index in [-0.39, 0.29) is 6.04 Å². The van der Waals surface area contributed by atoms with E-state index in [2.05, 4.69) is 27.0 Å². The van der Waals surface area contributed by atoms with E-state index in [0.717, 1.165) is 64.9 Å². The van der Waals surface area contributed by atoms with E-state index < -0.39 is 0 Å². The minimum Gasteiger partial charge on any atom is -0.480 e. The summed E-state index contributed by atoms with van der Waals surface area (Å²) in [6.45, 7) is 3.60. The number of aromatic nitrogens is 3. The Morgan fingerprint density at radius 2 is 2.00 bits per heavy atom. The molecule has 3 N–H and O–H groups in total. The lowest BCUT2D eigenvalue weighted by Gasteiger charge is -2.35. The number of anilines is 1. The van der Waals surface area contributed by atoms with Crippen LogP contribution in [0.5, 0.6) is 5.88 Å². The van der Waals surface area contributed by atoms with Crippen LogP contribution in [0.4, 0.5) is 5.69 Å². The highest BCUT2D eigenvalue weighted by molar-refractivity contribution is 6.31. The van der Waals surface area contributed by atoms with Crippen LogP contribution < -0.4 is 15.4 Å². The highest BCUT2D eigenvalue weighted by Crippen LogP contribution is 2.44. The fraction of sp³-hybridized carbons (Fsp3) is 0.269. The van der Waals surface area contributed by atoms with Gasteiger partial charge in [0.1, 0.15) is 11.4 Å². The standard InChI is InChI=1S/C26H25ClN6O/c1-15-9-16(13-28)11-17(10-15)20-14-30-26(34-2)23(24(20)33-7-5-19(29)6-8-33)25-31-21-4-3-18(27)12-22(21)32-25/h3-4,9-12,14,19H,5-8,29H2,1-2H3,(H,31,32). The Hall–Kier alpha value is -3.60. The first-order valence-corrected chi connectivity index (χ1v) is 11.6. The molecule has 2 aromatic heterocycles. The summed E-state index contributed by atoms with van der Waals surface area (Å²) in [4.78, 5) is 15.2. The molecule has 172 valence electrons. The quantitative estimate of drug-likeness (QED) is 0.430. The van der Waals surface area contributed by atoms with Crippen molar-refractivity contribution in [3.05, 3.63) is 58.7 Å². The molecule has 2 aromatic carbocycles. The Kier molecular flexibility index (Phi) is 5.86. The SMILES string of the molecule is COc1ncc(-c2cc(C)cc(C#N)c2)c(N2CCC(N)CC2)c1-c1nc2ccc(Cl)cc2[nH]1. The average molecular weight is 473 g/mol. The number of ether oxygens (including phenoxy) is 1. The van der Waals surface area contributed by atoms with Crippen molar-refractivity contribution >= 4 is 28.3 Å². The third-order valence-corrected chi connectivity index (χ3v) is 6.50. The predicted molar refractivity (Wildman–Crippen MR) is 135 cm³/mol. The van der Waals surface area contributed by atoms with E-state index in [0.29, 0.717) is 22.3 Å². The number of nitrogens with one attached hydrogen (secondary N) is 1. The van der Waals surface area contributed by atoms with Gasteiger partial charge in [-0.25, -0.2) is 9.97 Å². The number of methoxy groups -OCH3 is 1. The molecule has 0 atom stereocenters. The van der Waals surface area contributed by atoms with Crippen molar-refractivity contribution in [1.82, 2.24) is 15.0 Å². The zero-order valence-corrected chi connectivity index (χ0v) is 19.9. The molecule has 5 rings (SSSR count). The fourth-order valence-electron chi connectivity index (χ4n) is 4.62. The van der Waals surface area contributed by atoms with Crippen LogP contribution in [0, 0.1) is 18.3 Å². The third kappa shape index (κ3) is 4.07. The first-order chi connectivity index (χ1) is 16.5. The van der Waals surface area contributed by atoms with Crippen molar-refractivity contribution < 1.29 is 4.74 Å². The van der Waals surface area contributed by atoms with E-state index in [4.69, 9.17) is 27.1 Å². The molecule has 1 aliphatic rings. The van der Waals surface area contributed by atoms with Gasteiger partial charge in [-0.05, 0) is 61.2 Å². The monoisotopic (exact) mass is 472 g/mol. The van der Waals surface area contributed by atoms with Gasteiger partial charge in [0.15, 0.2) is 0 Å². The second-order valence-corrected chi connectivity index (χ2v) is 9.11. The molecule has 0 bridgehead atoms. The largest absolute Gasteiger partial charge is 0.480 e. The molecule has 1 saturated heterocycles. The number of benzene rings is 2. The first kappa shape index (κ1) is 22.2. The number of aryl methyl sites for hydroxylation is 1. The Morgan fingerprint density at radius 1 is 1.21 bits per heavy atom.